The minimum Gasteiger partial charge on any atom is -0.363 e. The van der Waals surface area contributed by atoms with Crippen LogP contribution < -0.4 is 10.2 Å². The maximum Gasteiger partial charge on any atom is 0.240 e. The summed E-state index contributed by atoms with van der Waals surface area (Å²) in [6.07, 6.45) is 1.63. The number of benzene rings is 1. The Bertz CT molecular complexity index is 581. The van der Waals surface area contributed by atoms with Gasteiger partial charge in [-0.25, -0.2) is 0 Å². The van der Waals surface area contributed by atoms with Crippen LogP contribution in [0.2, 0.25) is 0 Å². The molecule has 1 aromatic heterocycles. The first-order valence-electron chi connectivity index (χ1n) is 7.05. The monoisotopic (exact) mass is 287 g/mol. The van der Waals surface area contributed by atoms with Crippen molar-refractivity contribution in [1.29, 1.82) is 0 Å². The second kappa shape index (κ2) is 6.88. The number of anilines is 1. The van der Waals surface area contributed by atoms with Gasteiger partial charge in [-0.1, -0.05) is 18.2 Å². The average molecular weight is 287 g/mol. The van der Waals surface area contributed by atoms with Gasteiger partial charge in [0.05, 0.1) is 12.6 Å². The third-order valence-electron chi connectivity index (χ3n) is 3.35. The van der Waals surface area contributed by atoms with Gasteiger partial charge in [-0.15, -0.1) is 10.2 Å². The normalized spacial score (nSPS) is 12.0. The minimum absolute atomic E-state index is 0.0313. The number of hydrogen-bond acceptors (Lipinski definition) is 4. The number of aromatic nitrogens is 3. The van der Waals surface area contributed by atoms with Crippen molar-refractivity contribution in [1.82, 2.24) is 20.1 Å². The lowest BCUT2D eigenvalue weighted by Gasteiger charge is -2.23. The number of aryl methyl sites for hydroxylation is 1. The molecule has 0 saturated heterocycles. The summed E-state index contributed by atoms with van der Waals surface area (Å²) in [5, 5.41) is 10.8. The largest absolute Gasteiger partial charge is 0.363 e. The first-order chi connectivity index (χ1) is 10.1. The minimum atomic E-state index is -0.167. The molecule has 112 valence electrons. The summed E-state index contributed by atoms with van der Waals surface area (Å²) in [6, 6.07) is 9.75. The van der Waals surface area contributed by atoms with E-state index in [2.05, 4.69) is 15.5 Å². The van der Waals surface area contributed by atoms with Gasteiger partial charge in [0, 0.05) is 19.3 Å². The molecule has 0 fully saturated rings. The Kier molecular flexibility index (Phi) is 4.92. The highest BCUT2D eigenvalue weighted by Crippen LogP contribution is 2.13. The van der Waals surface area contributed by atoms with Crippen molar-refractivity contribution < 1.29 is 4.79 Å². The van der Waals surface area contributed by atoms with Crippen molar-refractivity contribution in [3.63, 3.8) is 0 Å². The number of hydrogen-bond donors (Lipinski definition) is 1. The fraction of sp³-hybridized carbons (Fsp3) is 0.400. The van der Waals surface area contributed by atoms with Crippen LogP contribution >= 0.6 is 0 Å². The molecule has 0 aliphatic carbocycles. The first kappa shape index (κ1) is 15.0. The first-order valence-corrected chi connectivity index (χ1v) is 7.05. The highest BCUT2D eigenvalue weighted by atomic mass is 16.2. The summed E-state index contributed by atoms with van der Waals surface area (Å²) in [5.74, 6) is 0.710. The lowest BCUT2D eigenvalue weighted by atomic mass is 10.2. The molecule has 1 amide bonds. The fourth-order valence-electron chi connectivity index (χ4n) is 2.23. The van der Waals surface area contributed by atoms with Gasteiger partial charge in [-0.05, 0) is 26.0 Å². The van der Waals surface area contributed by atoms with Gasteiger partial charge in [0.25, 0.3) is 0 Å². The van der Waals surface area contributed by atoms with E-state index in [1.807, 2.05) is 56.1 Å². The van der Waals surface area contributed by atoms with E-state index in [1.165, 1.54) is 0 Å². The Morgan fingerprint density at radius 2 is 2.10 bits per heavy atom. The summed E-state index contributed by atoms with van der Waals surface area (Å²) < 4.78 is 1.81. The van der Waals surface area contributed by atoms with Gasteiger partial charge in [0.1, 0.15) is 6.33 Å². The topological polar surface area (TPSA) is 63.1 Å². The van der Waals surface area contributed by atoms with Crippen molar-refractivity contribution in [3.8, 4) is 0 Å². The van der Waals surface area contributed by atoms with Crippen LogP contribution in [0.3, 0.4) is 0 Å². The molecule has 0 bridgehead atoms. The van der Waals surface area contributed by atoms with E-state index < -0.39 is 0 Å². The van der Waals surface area contributed by atoms with Crippen LogP contribution in [0.1, 0.15) is 25.7 Å². The second-order valence-electron chi connectivity index (χ2n) is 4.94. The molecule has 2 aromatic rings. The molecule has 21 heavy (non-hydrogen) atoms. The molecular formula is C15H21N5O. The summed E-state index contributed by atoms with van der Waals surface area (Å²) in [4.78, 5) is 14.2. The van der Waals surface area contributed by atoms with Crippen molar-refractivity contribution in [3.05, 3.63) is 42.5 Å². The molecule has 1 unspecified atom stereocenters. The van der Waals surface area contributed by atoms with Crippen LogP contribution in [0, 0.1) is 0 Å². The third kappa shape index (κ3) is 3.81. The van der Waals surface area contributed by atoms with Crippen LogP contribution in [-0.4, -0.2) is 33.8 Å². The smallest absolute Gasteiger partial charge is 0.240 e. The molecule has 0 saturated carbocycles. The second-order valence-corrected chi connectivity index (χ2v) is 4.94. The molecule has 0 aliphatic rings. The number of nitrogens with zero attached hydrogens (tertiary/aromatic N) is 4. The van der Waals surface area contributed by atoms with E-state index >= 15 is 0 Å². The van der Waals surface area contributed by atoms with Crippen LogP contribution in [-0.2, 0) is 11.8 Å². The highest BCUT2D eigenvalue weighted by Gasteiger charge is 2.16. The fourth-order valence-corrected chi connectivity index (χ4v) is 2.23. The molecule has 2 rings (SSSR count). The Balaban J connectivity index is 1.96. The van der Waals surface area contributed by atoms with Crippen molar-refractivity contribution >= 4 is 11.6 Å². The number of likely N-dealkylation sites (N-methyl/N-ethyl adjacent to an activating group) is 1. The molecule has 0 radical (unpaired) electrons. The average Bonchev–Trinajstić information content (AvgIpc) is 2.92. The van der Waals surface area contributed by atoms with Crippen molar-refractivity contribution in [2.24, 2.45) is 7.05 Å². The van der Waals surface area contributed by atoms with E-state index in [-0.39, 0.29) is 11.9 Å². The number of amides is 1. The quantitative estimate of drug-likeness (QED) is 0.875. The van der Waals surface area contributed by atoms with Crippen LogP contribution in [0.4, 0.5) is 5.69 Å². The SMILES string of the molecule is CCN(CC(=O)NC(C)c1nncn1C)c1ccccc1. The molecule has 0 aliphatic heterocycles. The number of para-hydroxylation sites is 1. The summed E-state index contributed by atoms with van der Waals surface area (Å²) in [7, 11) is 1.86. The Hall–Kier alpha value is -2.37. The van der Waals surface area contributed by atoms with Crippen LogP contribution in [0.15, 0.2) is 36.7 Å². The molecule has 1 heterocycles. The number of rotatable bonds is 6. The lowest BCUT2D eigenvalue weighted by Crippen LogP contribution is -2.38. The predicted octanol–water partition coefficient (Wildman–Crippen LogP) is 1.52. The van der Waals surface area contributed by atoms with Crippen molar-refractivity contribution in [2.75, 3.05) is 18.0 Å². The zero-order valence-electron chi connectivity index (χ0n) is 12.7. The van der Waals surface area contributed by atoms with E-state index in [0.29, 0.717) is 6.54 Å². The van der Waals surface area contributed by atoms with E-state index in [4.69, 9.17) is 0 Å². The van der Waals surface area contributed by atoms with E-state index in [1.54, 1.807) is 10.9 Å². The number of carbonyl (C=O) groups excluding carboxylic acids is 1. The zero-order valence-corrected chi connectivity index (χ0v) is 12.7. The predicted molar refractivity (Wildman–Crippen MR) is 81.9 cm³/mol. The Morgan fingerprint density at radius 3 is 2.67 bits per heavy atom. The van der Waals surface area contributed by atoms with E-state index in [9.17, 15) is 4.79 Å². The lowest BCUT2D eigenvalue weighted by molar-refractivity contribution is -0.120. The number of nitrogens with one attached hydrogen (secondary N) is 1. The van der Waals surface area contributed by atoms with Gasteiger partial charge in [0.15, 0.2) is 5.82 Å². The van der Waals surface area contributed by atoms with E-state index in [0.717, 1.165) is 18.1 Å². The standard InChI is InChI=1S/C15H21N5O/c1-4-20(13-8-6-5-7-9-13)10-14(21)17-12(2)15-18-16-11-19(15)3/h5-9,11-12H,4,10H2,1-3H3,(H,17,21). The number of carbonyl (C=O) groups is 1. The molecular weight excluding hydrogens is 266 g/mol. The highest BCUT2D eigenvalue weighted by molar-refractivity contribution is 5.81. The molecule has 0 spiro atoms. The van der Waals surface area contributed by atoms with Gasteiger partial charge in [-0.2, -0.15) is 0 Å². The third-order valence-corrected chi connectivity index (χ3v) is 3.35. The molecule has 1 atom stereocenters. The van der Waals surface area contributed by atoms with Gasteiger partial charge < -0.3 is 14.8 Å². The van der Waals surface area contributed by atoms with Gasteiger partial charge in [0.2, 0.25) is 5.91 Å². The van der Waals surface area contributed by atoms with Gasteiger partial charge in [-0.3, -0.25) is 4.79 Å². The summed E-state index contributed by atoms with van der Waals surface area (Å²) >= 11 is 0. The van der Waals surface area contributed by atoms with Crippen molar-refractivity contribution in [2.45, 2.75) is 19.9 Å². The molecule has 6 nitrogen and oxygen atoms in total. The molecule has 1 aromatic carbocycles. The zero-order chi connectivity index (χ0) is 15.2. The Labute approximate surface area is 124 Å². The maximum absolute atomic E-state index is 12.2. The van der Waals surface area contributed by atoms with Gasteiger partial charge >= 0.3 is 0 Å². The maximum atomic E-state index is 12.2. The van der Waals surface area contributed by atoms with Crippen LogP contribution in [0.25, 0.3) is 0 Å². The van der Waals surface area contributed by atoms with Crippen LogP contribution in [0.5, 0.6) is 0 Å². The summed E-state index contributed by atoms with van der Waals surface area (Å²) in [6.45, 7) is 5.03. The molecule has 6 heteroatoms. The summed E-state index contributed by atoms with van der Waals surface area (Å²) in [5.41, 5.74) is 1.04. The Morgan fingerprint density at radius 1 is 1.38 bits per heavy atom. The molecule has 1 N–H and O–H groups in total.